The predicted octanol–water partition coefficient (Wildman–Crippen LogP) is 2.59. The summed E-state index contributed by atoms with van der Waals surface area (Å²) in [5.41, 5.74) is 3.38. The molecule has 0 radical (unpaired) electrons. The van der Waals surface area contributed by atoms with E-state index in [1.54, 1.807) is 0 Å². The zero-order chi connectivity index (χ0) is 20.8. The van der Waals surface area contributed by atoms with E-state index < -0.39 is 0 Å². The first-order valence-electron chi connectivity index (χ1n) is 10.0. The third kappa shape index (κ3) is 6.70. The van der Waals surface area contributed by atoms with Crippen molar-refractivity contribution < 1.29 is 9.59 Å². The van der Waals surface area contributed by atoms with Crippen LogP contribution in [0.15, 0.2) is 58.5 Å². The lowest BCUT2D eigenvalue weighted by molar-refractivity contribution is -0.121. The van der Waals surface area contributed by atoms with E-state index in [2.05, 4.69) is 31.3 Å². The second kappa shape index (κ2) is 12.1. The molecule has 32 heavy (non-hydrogen) atoms. The van der Waals surface area contributed by atoms with Crippen LogP contribution in [0, 0.1) is 0 Å². The summed E-state index contributed by atoms with van der Waals surface area (Å²) in [4.78, 5) is 33.0. The Morgan fingerprint density at radius 2 is 1.06 bits per heavy atom. The average Bonchev–Trinajstić information content (AvgIpc) is 3.48. The van der Waals surface area contributed by atoms with Crippen molar-refractivity contribution >= 4 is 59.7 Å². The molecule has 0 unspecified atom stereocenters. The normalized spacial score (nSPS) is 14.0. The first-order valence-corrected chi connectivity index (χ1v) is 10.0. The number of nitrogens with zero attached hydrogens (tertiary/aromatic N) is 2. The van der Waals surface area contributed by atoms with E-state index in [1.165, 1.54) is 0 Å². The summed E-state index contributed by atoms with van der Waals surface area (Å²) in [5.74, 6) is 1.36. The van der Waals surface area contributed by atoms with Gasteiger partial charge in [0.15, 0.2) is 0 Å². The summed E-state index contributed by atoms with van der Waals surface area (Å²) in [6.45, 7) is 3.28. The minimum Gasteiger partial charge on any atom is -0.368 e. The van der Waals surface area contributed by atoms with Crippen molar-refractivity contribution in [2.45, 2.75) is 12.8 Å². The summed E-state index contributed by atoms with van der Waals surface area (Å²) in [6.07, 6.45) is 0.224. The van der Waals surface area contributed by atoms with Gasteiger partial charge < -0.3 is 21.3 Å². The lowest BCUT2D eigenvalue weighted by Gasteiger charge is -2.08. The molecule has 2 aromatic carbocycles. The summed E-state index contributed by atoms with van der Waals surface area (Å²) in [7, 11) is 0. The predicted molar refractivity (Wildman–Crippen MR) is 133 cm³/mol. The Labute approximate surface area is 199 Å². The lowest BCUT2D eigenvalue weighted by Crippen LogP contribution is -2.20. The van der Waals surface area contributed by atoms with Gasteiger partial charge in [-0.15, -0.1) is 24.8 Å². The molecule has 8 nitrogen and oxygen atoms in total. The molecule has 4 rings (SSSR count). The Bertz CT molecular complexity index is 909. The molecule has 4 N–H and O–H groups in total. The Hall–Kier alpha value is -3.10. The second-order valence-corrected chi connectivity index (χ2v) is 7.07. The molecule has 2 aliphatic heterocycles. The van der Waals surface area contributed by atoms with Crippen molar-refractivity contribution in [2.75, 3.05) is 36.8 Å². The third-order valence-electron chi connectivity index (χ3n) is 4.81. The van der Waals surface area contributed by atoms with Crippen LogP contribution in [-0.4, -0.2) is 49.7 Å². The molecule has 2 aromatic rings. The average molecular weight is 477 g/mol. The summed E-state index contributed by atoms with van der Waals surface area (Å²) >= 11 is 0. The van der Waals surface area contributed by atoms with Crippen LogP contribution in [-0.2, 0) is 9.59 Å². The maximum Gasteiger partial charge on any atom is 0.224 e. The van der Waals surface area contributed by atoms with Gasteiger partial charge in [0.25, 0.3) is 0 Å². The number of hydrogen-bond donors (Lipinski definition) is 4. The van der Waals surface area contributed by atoms with E-state index in [-0.39, 0.29) is 49.5 Å². The van der Waals surface area contributed by atoms with Gasteiger partial charge in [0.2, 0.25) is 11.8 Å². The number of carbonyl (C=O) groups is 2. The van der Waals surface area contributed by atoms with E-state index in [4.69, 9.17) is 0 Å². The molecule has 0 fully saturated rings. The van der Waals surface area contributed by atoms with E-state index in [0.29, 0.717) is 11.4 Å². The van der Waals surface area contributed by atoms with Crippen LogP contribution < -0.4 is 21.3 Å². The first kappa shape index (κ1) is 25.2. The topological polar surface area (TPSA) is 107 Å². The van der Waals surface area contributed by atoms with Crippen molar-refractivity contribution in [3.05, 3.63) is 59.7 Å². The smallest absolute Gasteiger partial charge is 0.224 e. The van der Waals surface area contributed by atoms with Gasteiger partial charge in [-0.05, 0) is 48.5 Å². The highest BCUT2D eigenvalue weighted by Gasteiger charge is 2.11. The minimum atomic E-state index is -0.199. The number of amidine groups is 2. The van der Waals surface area contributed by atoms with Crippen molar-refractivity contribution in [1.82, 2.24) is 10.6 Å². The number of nitrogens with one attached hydrogen (secondary N) is 4. The first-order chi connectivity index (χ1) is 14.7. The summed E-state index contributed by atoms with van der Waals surface area (Å²) in [5, 5.41) is 12.1. The van der Waals surface area contributed by atoms with Crippen LogP contribution in [0.4, 0.5) is 11.4 Å². The number of benzene rings is 2. The standard InChI is InChI=1S/C22H24N6O2.2ClH/c29-19(27-17-5-1-15(2-6-17)21-23-11-12-24-21)9-10-20(30)28-18-7-3-16(4-8-18)22-25-13-14-26-22;;/h1-8H,9-14H2,(H,23,24)(H,25,26)(H,27,29)(H,28,30);2*1H. The Kier molecular flexibility index (Phi) is 9.49. The van der Waals surface area contributed by atoms with Crippen LogP contribution in [0.25, 0.3) is 0 Å². The van der Waals surface area contributed by atoms with Crippen LogP contribution in [0.5, 0.6) is 0 Å². The molecule has 2 aliphatic rings. The fraction of sp³-hybridized carbons (Fsp3) is 0.273. The SMILES string of the molecule is Cl.Cl.O=C(CCC(=O)Nc1ccc(C2=NCCN2)cc1)Nc1ccc(C2=NCCN2)cc1. The highest BCUT2D eigenvalue weighted by atomic mass is 35.5. The number of amides is 2. The highest BCUT2D eigenvalue weighted by molar-refractivity contribution is 6.01. The summed E-state index contributed by atoms with van der Waals surface area (Å²) in [6, 6.07) is 15.0. The molecule has 10 heteroatoms. The Morgan fingerprint density at radius 3 is 1.38 bits per heavy atom. The van der Waals surface area contributed by atoms with Gasteiger partial charge in [0.1, 0.15) is 11.7 Å². The zero-order valence-corrected chi connectivity index (χ0v) is 19.0. The molecule has 0 aliphatic carbocycles. The number of rotatable bonds is 7. The van der Waals surface area contributed by atoms with Gasteiger partial charge in [-0.25, -0.2) is 0 Å². The van der Waals surface area contributed by atoms with Crippen molar-refractivity contribution in [2.24, 2.45) is 9.98 Å². The molecule has 2 heterocycles. The van der Waals surface area contributed by atoms with Gasteiger partial charge in [0.05, 0.1) is 13.1 Å². The van der Waals surface area contributed by atoms with Gasteiger partial charge in [0, 0.05) is 48.4 Å². The van der Waals surface area contributed by atoms with E-state index in [0.717, 1.165) is 49.0 Å². The van der Waals surface area contributed by atoms with Gasteiger partial charge in [-0.1, -0.05) is 0 Å². The molecule has 0 aromatic heterocycles. The van der Waals surface area contributed by atoms with Crippen molar-refractivity contribution in [3.63, 3.8) is 0 Å². The highest BCUT2D eigenvalue weighted by Crippen LogP contribution is 2.13. The fourth-order valence-corrected chi connectivity index (χ4v) is 3.28. The van der Waals surface area contributed by atoms with E-state index in [9.17, 15) is 9.59 Å². The number of anilines is 2. The largest absolute Gasteiger partial charge is 0.368 e. The van der Waals surface area contributed by atoms with Gasteiger partial charge >= 0.3 is 0 Å². The molecule has 0 saturated carbocycles. The third-order valence-corrected chi connectivity index (χ3v) is 4.81. The number of carbonyl (C=O) groups excluding carboxylic acids is 2. The van der Waals surface area contributed by atoms with Crippen LogP contribution in [0.1, 0.15) is 24.0 Å². The van der Waals surface area contributed by atoms with E-state index >= 15 is 0 Å². The number of aliphatic imine (C=N–C) groups is 2. The van der Waals surface area contributed by atoms with Gasteiger partial charge in [-0.3, -0.25) is 19.6 Å². The zero-order valence-electron chi connectivity index (χ0n) is 17.4. The van der Waals surface area contributed by atoms with Crippen molar-refractivity contribution in [1.29, 1.82) is 0 Å². The Balaban J connectivity index is 0.00000181. The fourth-order valence-electron chi connectivity index (χ4n) is 3.28. The quantitative estimate of drug-likeness (QED) is 0.492. The molecule has 2 amide bonds. The van der Waals surface area contributed by atoms with Crippen LogP contribution in [0.2, 0.25) is 0 Å². The van der Waals surface area contributed by atoms with Crippen LogP contribution >= 0.6 is 24.8 Å². The lowest BCUT2D eigenvalue weighted by atomic mass is 10.1. The molecule has 0 spiro atoms. The number of halogens is 2. The monoisotopic (exact) mass is 476 g/mol. The van der Waals surface area contributed by atoms with Crippen molar-refractivity contribution in [3.8, 4) is 0 Å². The second-order valence-electron chi connectivity index (χ2n) is 7.07. The van der Waals surface area contributed by atoms with E-state index in [1.807, 2.05) is 48.5 Å². The van der Waals surface area contributed by atoms with Gasteiger partial charge in [-0.2, -0.15) is 0 Å². The maximum absolute atomic E-state index is 12.2. The molecular formula is C22H26Cl2N6O2. The maximum atomic E-state index is 12.2. The van der Waals surface area contributed by atoms with Crippen LogP contribution in [0.3, 0.4) is 0 Å². The molecular weight excluding hydrogens is 451 g/mol. The molecule has 0 bridgehead atoms. The summed E-state index contributed by atoms with van der Waals surface area (Å²) < 4.78 is 0. The molecule has 0 atom stereocenters. The molecule has 0 saturated heterocycles. The number of hydrogen-bond acceptors (Lipinski definition) is 6. The minimum absolute atomic E-state index is 0. The molecule has 170 valence electrons. The Morgan fingerprint density at radius 1 is 0.688 bits per heavy atom.